The third kappa shape index (κ3) is 2.13. The Morgan fingerprint density at radius 3 is 3.00 bits per heavy atom. The zero-order valence-electron chi connectivity index (χ0n) is 11.1. The van der Waals surface area contributed by atoms with E-state index in [1.807, 2.05) is 32.4 Å². The molecule has 19 heavy (non-hydrogen) atoms. The predicted molar refractivity (Wildman–Crippen MR) is 73.8 cm³/mol. The van der Waals surface area contributed by atoms with E-state index in [0.717, 1.165) is 23.9 Å². The summed E-state index contributed by atoms with van der Waals surface area (Å²) in [5.74, 6) is 1.32. The van der Waals surface area contributed by atoms with E-state index < -0.39 is 0 Å². The van der Waals surface area contributed by atoms with E-state index in [9.17, 15) is 0 Å². The number of nitrogens with zero attached hydrogens (tertiary/aromatic N) is 3. The van der Waals surface area contributed by atoms with Gasteiger partial charge in [-0.3, -0.25) is 0 Å². The highest BCUT2D eigenvalue weighted by Crippen LogP contribution is 2.27. The van der Waals surface area contributed by atoms with Gasteiger partial charge in [0.15, 0.2) is 0 Å². The van der Waals surface area contributed by atoms with Crippen molar-refractivity contribution in [2.75, 3.05) is 13.6 Å². The Kier molecular flexibility index (Phi) is 3.05. The Bertz CT molecular complexity index is 698. The smallest absolute Gasteiger partial charge is 0.228 e. The molecule has 3 rings (SSSR count). The van der Waals surface area contributed by atoms with E-state index in [2.05, 4.69) is 32.2 Å². The molecule has 0 spiro atoms. The van der Waals surface area contributed by atoms with Crippen molar-refractivity contribution in [3.8, 4) is 11.4 Å². The van der Waals surface area contributed by atoms with Gasteiger partial charge in [0.1, 0.15) is 0 Å². The van der Waals surface area contributed by atoms with Crippen molar-refractivity contribution in [1.82, 2.24) is 20.0 Å². The van der Waals surface area contributed by atoms with Crippen LogP contribution in [0.15, 0.2) is 35.0 Å². The molecule has 0 amide bonds. The molecule has 0 atom stereocenters. The standard InChI is InChI=1S/C14H16N4O/c1-15-8-7-13-16-14(17-19-13)11-9-18(2)12-6-4-3-5-10(11)12/h3-6,9,15H,7-8H2,1-2H3. The van der Waals surface area contributed by atoms with Crippen LogP contribution >= 0.6 is 0 Å². The number of likely N-dealkylation sites (N-methyl/N-ethyl adjacent to an activating group) is 1. The molecule has 5 nitrogen and oxygen atoms in total. The topological polar surface area (TPSA) is 55.9 Å². The molecule has 0 saturated heterocycles. The molecule has 0 bridgehead atoms. The zero-order valence-corrected chi connectivity index (χ0v) is 11.1. The summed E-state index contributed by atoms with van der Waals surface area (Å²) in [5.41, 5.74) is 2.18. The average Bonchev–Trinajstić information content (AvgIpc) is 3.02. The second-order valence-electron chi connectivity index (χ2n) is 4.54. The summed E-state index contributed by atoms with van der Waals surface area (Å²) in [6.45, 7) is 0.831. The van der Waals surface area contributed by atoms with Crippen molar-refractivity contribution in [2.24, 2.45) is 7.05 Å². The Balaban J connectivity index is 2.02. The van der Waals surface area contributed by atoms with E-state index in [-0.39, 0.29) is 0 Å². The number of aryl methyl sites for hydroxylation is 1. The quantitative estimate of drug-likeness (QED) is 0.775. The first-order valence-electron chi connectivity index (χ1n) is 6.31. The van der Waals surface area contributed by atoms with Crippen LogP contribution in [0.25, 0.3) is 22.3 Å². The minimum absolute atomic E-state index is 0.655. The van der Waals surface area contributed by atoms with E-state index in [4.69, 9.17) is 4.52 Å². The van der Waals surface area contributed by atoms with E-state index in [1.54, 1.807) is 0 Å². The summed E-state index contributed by atoms with van der Waals surface area (Å²) in [6.07, 6.45) is 2.78. The Labute approximate surface area is 111 Å². The van der Waals surface area contributed by atoms with Crippen LogP contribution in [0.2, 0.25) is 0 Å². The molecule has 5 heteroatoms. The Hall–Kier alpha value is -2.14. The number of nitrogens with one attached hydrogen (secondary N) is 1. The number of aromatic nitrogens is 3. The summed E-state index contributed by atoms with van der Waals surface area (Å²) in [6, 6.07) is 8.21. The first-order valence-corrected chi connectivity index (χ1v) is 6.31. The van der Waals surface area contributed by atoms with Crippen LogP contribution in [-0.4, -0.2) is 28.3 Å². The lowest BCUT2D eigenvalue weighted by Crippen LogP contribution is -2.10. The molecular formula is C14H16N4O. The van der Waals surface area contributed by atoms with Crippen molar-refractivity contribution in [1.29, 1.82) is 0 Å². The highest BCUT2D eigenvalue weighted by atomic mass is 16.5. The SMILES string of the molecule is CNCCc1nc(-c2cn(C)c3ccccc23)no1. The molecule has 1 aromatic carbocycles. The third-order valence-corrected chi connectivity index (χ3v) is 3.19. The maximum atomic E-state index is 5.27. The van der Waals surface area contributed by atoms with Crippen LogP contribution in [0.3, 0.4) is 0 Å². The fourth-order valence-corrected chi connectivity index (χ4v) is 2.22. The number of fused-ring (bicyclic) bond motifs is 1. The molecule has 2 heterocycles. The van der Waals surface area contributed by atoms with Crippen LogP contribution in [0, 0.1) is 0 Å². The van der Waals surface area contributed by atoms with E-state index in [1.165, 1.54) is 5.52 Å². The fourth-order valence-electron chi connectivity index (χ4n) is 2.22. The molecule has 0 unspecified atom stereocenters. The van der Waals surface area contributed by atoms with Crippen molar-refractivity contribution in [3.63, 3.8) is 0 Å². The lowest BCUT2D eigenvalue weighted by molar-refractivity contribution is 0.378. The van der Waals surface area contributed by atoms with Gasteiger partial charge >= 0.3 is 0 Å². The number of hydrogen-bond donors (Lipinski definition) is 1. The van der Waals surface area contributed by atoms with Crippen LogP contribution < -0.4 is 5.32 Å². The van der Waals surface area contributed by atoms with Crippen LogP contribution in [-0.2, 0) is 13.5 Å². The lowest BCUT2D eigenvalue weighted by atomic mass is 10.2. The van der Waals surface area contributed by atoms with Gasteiger partial charge in [-0.15, -0.1) is 0 Å². The highest BCUT2D eigenvalue weighted by molar-refractivity contribution is 5.94. The number of para-hydroxylation sites is 1. The van der Waals surface area contributed by atoms with Gasteiger partial charge < -0.3 is 14.4 Å². The number of hydrogen-bond acceptors (Lipinski definition) is 4. The number of benzene rings is 1. The molecular weight excluding hydrogens is 240 g/mol. The van der Waals surface area contributed by atoms with Crippen molar-refractivity contribution < 1.29 is 4.52 Å². The van der Waals surface area contributed by atoms with Crippen molar-refractivity contribution in [2.45, 2.75) is 6.42 Å². The maximum Gasteiger partial charge on any atom is 0.228 e. The van der Waals surface area contributed by atoms with Gasteiger partial charge in [0, 0.05) is 42.7 Å². The van der Waals surface area contributed by atoms with E-state index in [0.29, 0.717) is 11.7 Å². The van der Waals surface area contributed by atoms with Gasteiger partial charge in [0.2, 0.25) is 11.7 Å². The van der Waals surface area contributed by atoms with Gasteiger partial charge in [-0.05, 0) is 13.1 Å². The third-order valence-electron chi connectivity index (χ3n) is 3.19. The van der Waals surface area contributed by atoms with Crippen LogP contribution in [0.4, 0.5) is 0 Å². The second-order valence-corrected chi connectivity index (χ2v) is 4.54. The summed E-state index contributed by atoms with van der Waals surface area (Å²) in [5, 5.41) is 8.29. The largest absolute Gasteiger partial charge is 0.350 e. The second kappa shape index (κ2) is 4.85. The van der Waals surface area contributed by atoms with Gasteiger partial charge in [-0.1, -0.05) is 23.4 Å². The molecule has 0 aliphatic rings. The number of rotatable bonds is 4. The lowest BCUT2D eigenvalue weighted by Gasteiger charge is -1.93. The van der Waals surface area contributed by atoms with Gasteiger partial charge in [-0.25, -0.2) is 0 Å². The molecule has 0 fully saturated rings. The first kappa shape index (κ1) is 11.9. The Morgan fingerprint density at radius 2 is 2.16 bits per heavy atom. The first-order chi connectivity index (χ1) is 9.29. The van der Waals surface area contributed by atoms with E-state index >= 15 is 0 Å². The van der Waals surface area contributed by atoms with Gasteiger partial charge in [0.25, 0.3) is 0 Å². The summed E-state index contributed by atoms with van der Waals surface area (Å²) in [7, 11) is 3.93. The molecule has 0 radical (unpaired) electrons. The minimum atomic E-state index is 0.655. The normalized spacial score (nSPS) is 11.3. The molecule has 1 N–H and O–H groups in total. The van der Waals surface area contributed by atoms with Gasteiger partial charge in [-0.2, -0.15) is 4.98 Å². The molecule has 98 valence electrons. The highest BCUT2D eigenvalue weighted by Gasteiger charge is 2.13. The molecule has 3 aromatic rings. The van der Waals surface area contributed by atoms with Crippen LogP contribution in [0.5, 0.6) is 0 Å². The van der Waals surface area contributed by atoms with Gasteiger partial charge in [0.05, 0.1) is 0 Å². The van der Waals surface area contributed by atoms with Crippen molar-refractivity contribution in [3.05, 3.63) is 36.4 Å². The molecule has 0 saturated carbocycles. The summed E-state index contributed by atoms with van der Waals surface area (Å²) < 4.78 is 7.35. The average molecular weight is 256 g/mol. The molecule has 0 aliphatic carbocycles. The summed E-state index contributed by atoms with van der Waals surface area (Å²) in [4.78, 5) is 4.45. The zero-order chi connectivity index (χ0) is 13.2. The molecule has 2 aromatic heterocycles. The van der Waals surface area contributed by atoms with Crippen LogP contribution in [0.1, 0.15) is 5.89 Å². The monoisotopic (exact) mass is 256 g/mol. The Morgan fingerprint density at radius 1 is 1.32 bits per heavy atom. The minimum Gasteiger partial charge on any atom is -0.350 e. The van der Waals surface area contributed by atoms with Crippen molar-refractivity contribution >= 4 is 10.9 Å². The predicted octanol–water partition coefficient (Wildman–Crippen LogP) is 1.99. The fraction of sp³-hybridized carbons (Fsp3) is 0.286. The summed E-state index contributed by atoms with van der Waals surface area (Å²) >= 11 is 0. The maximum absolute atomic E-state index is 5.27. The molecule has 0 aliphatic heterocycles.